The average molecular weight is 325 g/mol. The van der Waals surface area contributed by atoms with Crippen LogP contribution in [0.1, 0.15) is 11.1 Å². The van der Waals surface area contributed by atoms with Gasteiger partial charge >= 0.3 is 0 Å². The van der Waals surface area contributed by atoms with Gasteiger partial charge in [0.15, 0.2) is 0 Å². The lowest BCUT2D eigenvalue weighted by Gasteiger charge is -2.17. The number of ether oxygens (including phenoxy) is 1. The molecule has 0 saturated carbocycles. The predicted molar refractivity (Wildman–Crippen MR) is 88.0 cm³/mol. The second kappa shape index (κ2) is 7.66. The normalized spacial score (nSPS) is 12.2. The summed E-state index contributed by atoms with van der Waals surface area (Å²) in [6.45, 7) is 0. The summed E-state index contributed by atoms with van der Waals surface area (Å²) < 4.78 is 5.15. The lowest BCUT2D eigenvalue weighted by Crippen LogP contribution is -2.38. The van der Waals surface area contributed by atoms with Gasteiger partial charge in [0.1, 0.15) is 5.75 Å². The van der Waals surface area contributed by atoms with Gasteiger partial charge in [-0.1, -0.05) is 41.4 Å². The van der Waals surface area contributed by atoms with E-state index in [2.05, 4.69) is 5.43 Å². The fourth-order valence-corrected chi connectivity index (χ4v) is 2.67. The molecule has 1 atom stereocenters. The molecule has 5 heteroatoms. The van der Waals surface area contributed by atoms with Crippen LogP contribution >= 0.6 is 23.2 Å². The molecule has 0 spiro atoms. The van der Waals surface area contributed by atoms with Gasteiger partial charge in [-0.2, -0.15) is 0 Å². The molecule has 21 heavy (non-hydrogen) atoms. The van der Waals surface area contributed by atoms with Gasteiger partial charge in [0.2, 0.25) is 0 Å². The highest BCUT2D eigenvalue weighted by molar-refractivity contribution is 6.35. The van der Waals surface area contributed by atoms with E-state index in [0.29, 0.717) is 10.0 Å². The van der Waals surface area contributed by atoms with Gasteiger partial charge in [0.25, 0.3) is 0 Å². The van der Waals surface area contributed by atoms with E-state index in [9.17, 15) is 0 Å². The number of hydrazine groups is 1. The molecule has 0 aliphatic carbocycles. The SMILES string of the molecule is COc1ccc(CC(Cc2ccc(Cl)cc2Cl)NN)cc1. The van der Waals surface area contributed by atoms with Gasteiger partial charge in [-0.25, -0.2) is 0 Å². The zero-order valence-electron chi connectivity index (χ0n) is 11.8. The van der Waals surface area contributed by atoms with Gasteiger partial charge in [-0.05, 0) is 48.2 Å². The average Bonchev–Trinajstić information content (AvgIpc) is 2.49. The minimum Gasteiger partial charge on any atom is -0.497 e. The summed E-state index contributed by atoms with van der Waals surface area (Å²) in [7, 11) is 1.65. The topological polar surface area (TPSA) is 47.3 Å². The van der Waals surface area contributed by atoms with Crippen LogP contribution in [0.5, 0.6) is 5.75 Å². The number of halogens is 2. The molecule has 3 N–H and O–H groups in total. The van der Waals surface area contributed by atoms with E-state index >= 15 is 0 Å². The first-order valence-electron chi connectivity index (χ1n) is 6.65. The number of hydrogen-bond donors (Lipinski definition) is 2. The standard InChI is InChI=1S/C16H18Cl2N2O/c1-21-15-6-2-11(3-7-15)8-14(20-19)9-12-4-5-13(17)10-16(12)18/h2-7,10,14,20H,8-9,19H2,1H3. The van der Waals surface area contributed by atoms with Crippen LogP contribution in [0.25, 0.3) is 0 Å². The maximum atomic E-state index is 6.20. The summed E-state index contributed by atoms with van der Waals surface area (Å²) in [6, 6.07) is 13.6. The van der Waals surface area contributed by atoms with Crippen molar-refractivity contribution in [3.05, 3.63) is 63.6 Å². The molecular formula is C16H18Cl2N2O. The molecule has 0 aliphatic heterocycles. The molecule has 0 bridgehead atoms. The Labute approximate surface area is 135 Å². The van der Waals surface area contributed by atoms with Crippen molar-refractivity contribution in [2.24, 2.45) is 5.84 Å². The maximum Gasteiger partial charge on any atom is 0.118 e. The molecule has 0 amide bonds. The van der Waals surface area contributed by atoms with Crippen LogP contribution in [-0.2, 0) is 12.8 Å². The van der Waals surface area contributed by atoms with Crippen LogP contribution in [0.4, 0.5) is 0 Å². The summed E-state index contributed by atoms with van der Waals surface area (Å²) in [5, 5.41) is 1.30. The van der Waals surface area contributed by atoms with E-state index in [1.807, 2.05) is 36.4 Å². The van der Waals surface area contributed by atoms with Crippen molar-refractivity contribution in [2.75, 3.05) is 7.11 Å². The molecule has 0 fully saturated rings. The molecule has 0 saturated heterocycles. The van der Waals surface area contributed by atoms with Gasteiger partial charge in [-0.15, -0.1) is 0 Å². The van der Waals surface area contributed by atoms with Gasteiger partial charge < -0.3 is 4.74 Å². The summed E-state index contributed by atoms with van der Waals surface area (Å²) in [4.78, 5) is 0. The lowest BCUT2D eigenvalue weighted by atomic mass is 9.99. The smallest absolute Gasteiger partial charge is 0.118 e. The lowest BCUT2D eigenvalue weighted by molar-refractivity contribution is 0.414. The highest BCUT2D eigenvalue weighted by Gasteiger charge is 2.11. The van der Waals surface area contributed by atoms with Crippen molar-refractivity contribution in [2.45, 2.75) is 18.9 Å². The van der Waals surface area contributed by atoms with Crippen molar-refractivity contribution >= 4 is 23.2 Å². The Morgan fingerprint density at radius 1 is 1.10 bits per heavy atom. The largest absolute Gasteiger partial charge is 0.497 e. The number of nitrogens with one attached hydrogen (secondary N) is 1. The first-order valence-corrected chi connectivity index (χ1v) is 7.41. The monoisotopic (exact) mass is 324 g/mol. The number of hydrogen-bond acceptors (Lipinski definition) is 3. The highest BCUT2D eigenvalue weighted by atomic mass is 35.5. The van der Waals surface area contributed by atoms with E-state index in [1.54, 1.807) is 13.2 Å². The van der Waals surface area contributed by atoms with E-state index < -0.39 is 0 Å². The number of methoxy groups -OCH3 is 1. The van der Waals surface area contributed by atoms with E-state index in [0.717, 1.165) is 24.2 Å². The van der Waals surface area contributed by atoms with Crippen LogP contribution in [0.15, 0.2) is 42.5 Å². The number of nitrogens with two attached hydrogens (primary N) is 1. The Bertz CT molecular complexity index is 587. The Hall–Kier alpha value is -1.26. The van der Waals surface area contributed by atoms with Gasteiger partial charge in [-0.3, -0.25) is 11.3 Å². The summed E-state index contributed by atoms with van der Waals surface area (Å²) >= 11 is 12.1. The third-order valence-electron chi connectivity index (χ3n) is 3.36. The summed E-state index contributed by atoms with van der Waals surface area (Å²) in [6.07, 6.45) is 1.54. The molecule has 0 heterocycles. The molecule has 1 unspecified atom stereocenters. The van der Waals surface area contributed by atoms with Gasteiger partial charge in [0.05, 0.1) is 7.11 Å². The van der Waals surface area contributed by atoms with E-state index in [1.165, 1.54) is 5.56 Å². The van der Waals surface area contributed by atoms with E-state index in [4.69, 9.17) is 33.8 Å². The van der Waals surface area contributed by atoms with Crippen molar-refractivity contribution < 1.29 is 4.74 Å². The maximum absolute atomic E-state index is 6.20. The fourth-order valence-electron chi connectivity index (χ4n) is 2.19. The third kappa shape index (κ3) is 4.61. The molecule has 0 aliphatic rings. The molecule has 2 rings (SSSR count). The quantitative estimate of drug-likeness (QED) is 0.630. The first-order chi connectivity index (χ1) is 10.1. The van der Waals surface area contributed by atoms with Crippen molar-refractivity contribution in [3.63, 3.8) is 0 Å². The highest BCUT2D eigenvalue weighted by Crippen LogP contribution is 2.23. The van der Waals surface area contributed by atoms with E-state index in [-0.39, 0.29) is 6.04 Å². The molecule has 0 radical (unpaired) electrons. The van der Waals surface area contributed by atoms with Crippen molar-refractivity contribution in [1.82, 2.24) is 5.43 Å². The molecule has 2 aromatic rings. The number of benzene rings is 2. The predicted octanol–water partition coefficient (Wildman–Crippen LogP) is 3.62. The zero-order valence-corrected chi connectivity index (χ0v) is 13.3. The Morgan fingerprint density at radius 2 is 1.81 bits per heavy atom. The Morgan fingerprint density at radius 3 is 2.38 bits per heavy atom. The molecule has 112 valence electrons. The Balaban J connectivity index is 2.05. The molecule has 0 aromatic heterocycles. The van der Waals surface area contributed by atoms with Crippen LogP contribution in [-0.4, -0.2) is 13.2 Å². The van der Waals surface area contributed by atoms with Gasteiger partial charge in [0, 0.05) is 16.1 Å². The van der Waals surface area contributed by atoms with Crippen molar-refractivity contribution in [1.29, 1.82) is 0 Å². The Kier molecular flexibility index (Phi) is 5.88. The van der Waals surface area contributed by atoms with Crippen LogP contribution in [0.3, 0.4) is 0 Å². The summed E-state index contributed by atoms with van der Waals surface area (Å²) in [5.41, 5.74) is 5.06. The van der Waals surface area contributed by atoms with Crippen molar-refractivity contribution in [3.8, 4) is 5.75 Å². The summed E-state index contributed by atoms with van der Waals surface area (Å²) in [5.74, 6) is 6.50. The number of rotatable bonds is 6. The molecule has 2 aromatic carbocycles. The third-order valence-corrected chi connectivity index (χ3v) is 3.95. The molecule has 3 nitrogen and oxygen atoms in total. The fraction of sp³-hybridized carbons (Fsp3) is 0.250. The van der Waals surface area contributed by atoms with Crippen LogP contribution < -0.4 is 16.0 Å². The minimum absolute atomic E-state index is 0.0945. The first kappa shape index (κ1) is 16.1. The molecular weight excluding hydrogens is 307 g/mol. The van der Waals surface area contributed by atoms with Crippen LogP contribution in [0.2, 0.25) is 10.0 Å². The zero-order chi connectivity index (χ0) is 15.2. The second-order valence-corrected chi connectivity index (χ2v) is 5.70. The minimum atomic E-state index is 0.0945. The second-order valence-electron chi connectivity index (χ2n) is 4.86. The van der Waals surface area contributed by atoms with Crippen LogP contribution in [0, 0.1) is 0 Å².